The van der Waals surface area contributed by atoms with E-state index in [0.29, 0.717) is 16.5 Å². The van der Waals surface area contributed by atoms with Gasteiger partial charge in [-0.1, -0.05) is 60.7 Å². The molecule has 0 spiro atoms. The first-order valence-electron chi connectivity index (χ1n) is 10.4. The van der Waals surface area contributed by atoms with E-state index in [1.165, 1.54) is 18.2 Å². The quantitative estimate of drug-likeness (QED) is 0.344. The Morgan fingerprint density at radius 3 is 2.30 bits per heavy atom. The predicted molar refractivity (Wildman–Crippen MR) is 121 cm³/mol. The van der Waals surface area contributed by atoms with Crippen LogP contribution in [-0.4, -0.2) is 21.5 Å². The lowest BCUT2D eigenvalue weighted by molar-refractivity contribution is -0.186. The minimum atomic E-state index is -4.97. The third-order valence-corrected chi connectivity index (χ3v) is 6.13. The molecular weight excluding hydrogens is 427 g/mol. The van der Waals surface area contributed by atoms with Crippen LogP contribution in [0.15, 0.2) is 91.0 Å². The van der Waals surface area contributed by atoms with Crippen LogP contribution in [0.25, 0.3) is 33.2 Å². The molecule has 1 aliphatic rings. The number of nitrogens with one attached hydrogen (secondary N) is 1. The summed E-state index contributed by atoms with van der Waals surface area (Å²) in [7, 11) is 0. The Balaban J connectivity index is 1.79. The summed E-state index contributed by atoms with van der Waals surface area (Å²) >= 11 is 0. The van der Waals surface area contributed by atoms with Crippen molar-refractivity contribution in [3.05, 3.63) is 96.6 Å². The maximum absolute atomic E-state index is 15.1. The maximum Gasteiger partial charge on any atom is 0.438 e. The number of Topliss-reactive ketones (excluding diaryl/α,β-unsaturated/α-hetero) is 1. The predicted octanol–water partition coefficient (Wildman–Crippen LogP) is 6.38. The lowest BCUT2D eigenvalue weighted by atomic mass is 9.85. The van der Waals surface area contributed by atoms with Crippen molar-refractivity contribution in [1.29, 1.82) is 0 Å². The lowest BCUT2D eigenvalue weighted by Gasteiger charge is -2.41. The van der Waals surface area contributed by atoms with Crippen molar-refractivity contribution in [2.24, 2.45) is 0 Å². The molecular formula is C26H16F3N3O. The zero-order chi connectivity index (χ0) is 22.8. The molecule has 6 rings (SSSR count). The summed E-state index contributed by atoms with van der Waals surface area (Å²) in [5.74, 6) is -0.974. The first-order valence-corrected chi connectivity index (χ1v) is 10.4. The SMILES string of the molecule is O=C1c2ccc3ccccc3c2-c2nc3ccccc3n2C1(Nc1ccccc1)C(F)(F)F. The van der Waals surface area contributed by atoms with E-state index in [9.17, 15) is 4.79 Å². The monoisotopic (exact) mass is 443 g/mol. The first-order chi connectivity index (χ1) is 15.9. The lowest BCUT2D eigenvalue weighted by Crippen LogP contribution is -2.61. The van der Waals surface area contributed by atoms with Gasteiger partial charge >= 0.3 is 6.18 Å². The van der Waals surface area contributed by atoms with Crippen LogP contribution in [0.1, 0.15) is 10.4 Å². The van der Waals surface area contributed by atoms with Crippen molar-refractivity contribution < 1.29 is 18.0 Å². The first kappa shape index (κ1) is 19.5. The zero-order valence-corrected chi connectivity index (χ0v) is 17.1. The summed E-state index contributed by atoms with van der Waals surface area (Å²) in [6, 6.07) is 25.0. The molecule has 0 saturated carbocycles. The molecule has 2 heterocycles. The van der Waals surface area contributed by atoms with Crippen molar-refractivity contribution in [1.82, 2.24) is 9.55 Å². The van der Waals surface area contributed by atoms with Gasteiger partial charge < -0.3 is 5.32 Å². The number of ketones is 1. The number of para-hydroxylation sites is 3. The highest BCUT2D eigenvalue weighted by atomic mass is 19.4. The third-order valence-electron chi connectivity index (χ3n) is 6.13. The second kappa shape index (κ2) is 6.68. The smallest absolute Gasteiger partial charge is 0.348 e. The van der Waals surface area contributed by atoms with Gasteiger partial charge in [0, 0.05) is 16.8 Å². The summed E-state index contributed by atoms with van der Waals surface area (Å²) in [5, 5.41) is 4.05. The number of alkyl halides is 3. The zero-order valence-electron chi connectivity index (χ0n) is 17.1. The van der Waals surface area contributed by atoms with E-state index in [1.807, 2.05) is 12.1 Å². The fourth-order valence-corrected chi connectivity index (χ4v) is 4.70. The van der Waals surface area contributed by atoms with Crippen molar-refractivity contribution >= 4 is 33.3 Å². The number of aromatic nitrogens is 2. The Hall–Kier alpha value is -4.13. The Kier molecular flexibility index (Phi) is 3.96. The number of carbonyl (C=O) groups is 1. The van der Waals surface area contributed by atoms with Gasteiger partial charge in [-0.05, 0) is 41.1 Å². The van der Waals surface area contributed by atoms with Gasteiger partial charge in [0.15, 0.2) is 0 Å². The Labute approximate surface area is 186 Å². The second-order valence-corrected chi connectivity index (χ2v) is 8.00. The Bertz CT molecular complexity index is 1560. The molecule has 0 amide bonds. The van der Waals surface area contributed by atoms with E-state index in [2.05, 4.69) is 10.3 Å². The highest BCUT2D eigenvalue weighted by molar-refractivity contribution is 6.17. The van der Waals surface area contributed by atoms with Gasteiger partial charge in [0.25, 0.3) is 5.66 Å². The molecule has 1 aliphatic heterocycles. The molecule has 0 radical (unpaired) electrons. The summed E-state index contributed by atoms with van der Waals surface area (Å²) in [4.78, 5) is 18.5. The average Bonchev–Trinajstić information content (AvgIpc) is 3.21. The van der Waals surface area contributed by atoms with Gasteiger partial charge in [-0.15, -0.1) is 0 Å². The molecule has 5 aromatic rings. The number of hydrogen-bond acceptors (Lipinski definition) is 3. The van der Waals surface area contributed by atoms with Crippen LogP contribution in [0.4, 0.5) is 18.9 Å². The minimum absolute atomic E-state index is 0.0164. The van der Waals surface area contributed by atoms with Crippen LogP contribution in [0, 0.1) is 0 Å². The molecule has 1 atom stereocenters. The topological polar surface area (TPSA) is 46.9 Å². The minimum Gasteiger partial charge on any atom is -0.348 e. The number of halogens is 3. The number of hydrogen-bond donors (Lipinski definition) is 1. The van der Waals surface area contributed by atoms with Crippen molar-refractivity contribution in [3.63, 3.8) is 0 Å². The molecule has 33 heavy (non-hydrogen) atoms. The van der Waals surface area contributed by atoms with Gasteiger partial charge in [0.2, 0.25) is 5.78 Å². The third kappa shape index (κ3) is 2.59. The Morgan fingerprint density at radius 1 is 0.818 bits per heavy atom. The van der Waals surface area contributed by atoms with Gasteiger partial charge in [-0.3, -0.25) is 9.36 Å². The second-order valence-electron chi connectivity index (χ2n) is 8.00. The van der Waals surface area contributed by atoms with Gasteiger partial charge in [-0.2, -0.15) is 13.2 Å². The molecule has 0 bridgehead atoms. The van der Waals surface area contributed by atoms with Crippen LogP contribution in [-0.2, 0) is 5.66 Å². The number of nitrogens with zero attached hydrogens (tertiary/aromatic N) is 2. The number of anilines is 1. The van der Waals surface area contributed by atoms with E-state index >= 15 is 13.2 Å². The van der Waals surface area contributed by atoms with Crippen molar-refractivity contribution in [2.45, 2.75) is 11.8 Å². The maximum atomic E-state index is 15.1. The summed E-state index contributed by atoms with van der Waals surface area (Å²) in [6.45, 7) is 0. The van der Waals surface area contributed by atoms with Gasteiger partial charge in [0.1, 0.15) is 5.82 Å². The summed E-state index contributed by atoms with van der Waals surface area (Å²) in [6.07, 6.45) is -4.97. The molecule has 162 valence electrons. The molecule has 0 saturated heterocycles. The molecule has 1 aromatic heterocycles. The fourth-order valence-electron chi connectivity index (χ4n) is 4.70. The molecule has 4 aromatic carbocycles. The summed E-state index contributed by atoms with van der Waals surface area (Å²) in [5.41, 5.74) is -1.89. The molecule has 4 nitrogen and oxygen atoms in total. The van der Waals surface area contributed by atoms with Crippen LogP contribution >= 0.6 is 0 Å². The van der Waals surface area contributed by atoms with Gasteiger partial charge in [0.05, 0.1) is 11.0 Å². The van der Waals surface area contributed by atoms with Crippen LogP contribution in [0.5, 0.6) is 0 Å². The fraction of sp³-hybridized carbons (Fsp3) is 0.0769. The highest BCUT2D eigenvalue weighted by Gasteiger charge is 2.65. The number of carbonyl (C=O) groups excluding carboxylic acids is 1. The largest absolute Gasteiger partial charge is 0.438 e. The van der Waals surface area contributed by atoms with E-state index in [4.69, 9.17) is 0 Å². The molecule has 1 unspecified atom stereocenters. The van der Waals surface area contributed by atoms with Crippen LogP contribution < -0.4 is 5.32 Å². The number of imidazole rings is 1. The average molecular weight is 443 g/mol. The number of rotatable bonds is 2. The van der Waals surface area contributed by atoms with Crippen molar-refractivity contribution in [3.8, 4) is 11.4 Å². The normalized spacial score (nSPS) is 17.7. The molecule has 7 heteroatoms. The molecule has 1 N–H and O–H groups in total. The van der Waals surface area contributed by atoms with Crippen LogP contribution in [0.2, 0.25) is 0 Å². The molecule has 0 fully saturated rings. The number of benzene rings is 4. The van der Waals surface area contributed by atoms with E-state index in [-0.39, 0.29) is 22.6 Å². The molecule has 0 aliphatic carbocycles. The highest BCUT2D eigenvalue weighted by Crippen LogP contribution is 2.50. The van der Waals surface area contributed by atoms with Gasteiger partial charge in [-0.25, -0.2) is 4.98 Å². The van der Waals surface area contributed by atoms with Crippen LogP contribution in [0.3, 0.4) is 0 Å². The van der Waals surface area contributed by atoms with E-state index in [0.717, 1.165) is 9.95 Å². The standard InChI is InChI=1S/C26H16F3N3O/c27-26(28,29)25(31-17-9-2-1-3-10-17)23(33)19-15-14-16-8-4-5-11-18(16)22(19)24-30-20-12-6-7-13-21(20)32(24)25/h1-15,31H. The van der Waals surface area contributed by atoms with Crippen molar-refractivity contribution in [2.75, 3.05) is 5.32 Å². The van der Waals surface area contributed by atoms with E-state index in [1.54, 1.807) is 60.7 Å². The number of fused-ring (bicyclic) bond motifs is 7. The Morgan fingerprint density at radius 2 is 1.52 bits per heavy atom. The summed E-state index contributed by atoms with van der Waals surface area (Å²) < 4.78 is 46.3. The van der Waals surface area contributed by atoms with E-state index < -0.39 is 17.6 Å².